The van der Waals surface area contributed by atoms with Gasteiger partial charge in [-0.2, -0.15) is 0 Å². The first-order valence-electron chi connectivity index (χ1n) is 5.96. The summed E-state index contributed by atoms with van der Waals surface area (Å²) in [5, 5.41) is 0. The zero-order valence-electron chi connectivity index (χ0n) is 8.89. The highest BCUT2D eigenvalue weighted by molar-refractivity contribution is 5.80. The Bertz CT molecular complexity index is 202. The van der Waals surface area contributed by atoms with Gasteiger partial charge >= 0.3 is 0 Å². The molecular formula is C12H20O2. The molecule has 1 aliphatic heterocycles. The number of carbonyl (C=O) groups is 1. The number of ether oxygens (including phenoxy) is 1. The third-order valence-electron chi connectivity index (χ3n) is 3.57. The van der Waals surface area contributed by atoms with Crippen LogP contribution in [0.15, 0.2) is 0 Å². The molecule has 1 heterocycles. The zero-order valence-corrected chi connectivity index (χ0v) is 8.89. The fraction of sp³-hybridized carbons (Fsp3) is 0.917. The Morgan fingerprint density at radius 1 is 1.00 bits per heavy atom. The van der Waals surface area contributed by atoms with Crippen LogP contribution in [0.3, 0.4) is 0 Å². The number of ketones is 1. The van der Waals surface area contributed by atoms with Crippen molar-refractivity contribution < 1.29 is 9.53 Å². The molecule has 0 radical (unpaired) electrons. The van der Waals surface area contributed by atoms with Crippen molar-refractivity contribution in [2.45, 2.75) is 63.4 Å². The standard InChI is InChI=1S/C12H20O2/c13-11-6-9-14-12(10-11)7-4-2-1-3-5-8-12/h1-10H2. The highest BCUT2D eigenvalue weighted by Crippen LogP contribution is 2.35. The molecule has 2 fully saturated rings. The highest BCUT2D eigenvalue weighted by Gasteiger charge is 2.36. The Kier molecular flexibility index (Phi) is 3.22. The Hall–Kier alpha value is -0.370. The smallest absolute Gasteiger partial charge is 0.138 e. The lowest BCUT2D eigenvalue weighted by Gasteiger charge is -2.38. The summed E-state index contributed by atoms with van der Waals surface area (Å²) in [5.74, 6) is 0.414. The average molecular weight is 196 g/mol. The van der Waals surface area contributed by atoms with Crippen molar-refractivity contribution in [2.24, 2.45) is 0 Å². The number of rotatable bonds is 0. The summed E-state index contributed by atoms with van der Waals surface area (Å²) >= 11 is 0. The SMILES string of the molecule is O=C1CCOC2(CCCCCCC2)C1. The van der Waals surface area contributed by atoms with Crippen LogP contribution in [0.5, 0.6) is 0 Å². The van der Waals surface area contributed by atoms with E-state index >= 15 is 0 Å². The second kappa shape index (κ2) is 4.43. The van der Waals surface area contributed by atoms with Crippen molar-refractivity contribution in [3.63, 3.8) is 0 Å². The summed E-state index contributed by atoms with van der Waals surface area (Å²) in [5.41, 5.74) is -0.0459. The molecule has 0 bridgehead atoms. The summed E-state index contributed by atoms with van der Waals surface area (Å²) < 4.78 is 5.89. The molecule has 2 heteroatoms. The first kappa shape index (κ1) is 10.2. The van der Waals surface area contributed by atoms with Crippen LogP contribution < -0.4 is 0 Å². The van der Waals surface area contributed by atoms with Gasteiger partial charge in [0.2, 0.25) is 0 Å². The van der Waals surface area contributed by atoms with Crippen molar-refractivity contribution in [1.82, 2.24) is 0 Å². The molecule has 0 aromatic carbocycles. The Balaban J connectivity index is 1.99. The minimum atomic E-state index is -0.0459. The lowest BCUT2D eigenvalue weighted by molar-refractivity contribution is -0.143. The van der Waals surface area contributed by atoms with Crippen LogP contribution in [-0.2, 0) is 9.53 Å². The van der Waals surface area contributed by atoms with Gasteiger partial charge < -0.3 is 4.74 Å². The van der Waals surface area contributed by atoms with Gasteiger partial charge in [0.25, 0.3) is 0 Å². The monoisotopic (exact) mass is 196 g/mol. The molecule has 2 rings (SSSR count). The van der Waals surface area contributed by atoms with Gasteiger partial charge in [-0.05, 0) is 12.8 Å². The van der Waals surface area contributed by atoms with E-state index in [1.807, 2.05) is 0 Å². The molecule has 0 N–H and O–H groups in total. The maximum atomic E-state index is 11.5. The second-order valence-electron chi connectivity index (χ2n) is 4.76. The molecule has 80 valence electrons. The van der Waals surface area contributed by atoms with E-state index in [2.05, 4.69) is 0 Å². The van der Waals surface area contributed by atoms with E-state index in [1.165, 1.54) is 32.1 Å². The molecule has 1 aliphatic carbocycles. The third kappa shape index (κ3) is 2.35. The van der Waals surface area contributed by atoms with E-state index in [0.29, 0.717) is 25.2 Å². The number of carbonyl (C=O) groups excluding carboxylic acids is 1. The Morgan fingerprint density at radius 3 is 2.29 bits per heavy atom. The second-order valence-corrected chi connectivity index (χ2v) is 4.76. The highest BCUT2D eigenvalue weighted by atomic mass is 16.5. The molecule has 2 nitrogen and oxygen atoms in total. The minimum absolute atomic E-state index is 0.0459. The average Bonchev–Trinajstić information content (AvgIpc) is 2.12. The van der Waals surface area contributed by atoms with E-state index in [1.54, 1.807) is 0 Å². The summed E-state index contributed by atoms with van der Waals surface area (Å²) in [7, 11) is 0. The Labute approximate surface area is 86.0 Å². The predicted molar refractivity (Wildman–Crippen MR) is 55.2 cm³/mol. The van der Waals surface area contributed by atoms with Crippen molar-refractivity contribution in [3.8, 4) is 0 Å². The number of Topliss-reactive ketones (excluding diaryl/α,β-unsaturated/α-hetero) is 1. The maximum absolute atomic E-state index is 11.5. The Morgan fingerprint density at radius 2 is 1.64 bits per heavy atom. The molecule has 1 saturated heterocycles. The van der Waals surface area contributed by atoms with Gasteiger partial charge in [-0.25, -0.2) is 0 Å². The predicted octanol–water partition coefficient (Wildman–Crippen LogP) is 2.85. The molecule has 0 atom stereocenters. The molecule has 0 amide bonds. The van der Waals surface area contributed by atoms with E-state index in [9.17, 15) is 4.79 Å². The number of hydrogen-bond acceptors (Lipinski definition) is 2. The molecule has 0 unspecified atom stereocenters. The maximum Gasteiger partial charge on any atom is 0.138 e. The molecule has 1 spiro atoms. The van der Waals surface area contributed by atoms with Gasteiger partial charge in [0.15, 0.2) is 0 Å². The van der Waals surface area contributed by atoms with Crippen molar-refractivity contribution >= 4 is 5.78 Å². The van der Waals surface area contributed by atoms with Crippen LogP contribution in [0.1, 0.15) is 57.8 Å². The van der Waals surface area contributed by atoms with E-state index in [-0.39, 0.29) is 5.60 Å². The van der Waals surface area contributed by atoms with Crippen molar-refractivity contribution in [1.29, 1.82) is 0 Å². The fourth-order valence-corrected chi connectivity index (χ4v) is 2.75. The molecule has 1 saturated carbocycles. The quantitative estimate of drug-likeness (QED) is 0.595. The van der Waals surface area contributed by atoms with Crippen LogP contribution in [0.25, 0.3) is 0 Å². The normalized spacial score (nSPS) is 28.4. The lowest BCUT2D eigenvalue weighted by atomic mass is 9.81. The van der Waals surface area contributed by atoms with Crippen LogP contribution in [0.4, 0.5) is 0 Å². The summed E-state index contributed by atoms with van der Waals surface area (Å²) in [6.45, 7) is 0.666. The van der Waals surface area contributed by atoms with Crippen LogP contribution >= 0.6 is 0 Å². The van der Waals surface area contributed by atoms with Crippen molar-refractivity contribution in [3.05, 3.63) is 0 Å². The van der Waals surface area contributed by atoms with E-state index in [0.717, 1.165) is 12.8 Å². The minimum Gasteiger partial charge on any atom is -0.374 e. The van der Waals surface area contributed by atoms with Crippen LogP contribution in [-0.4, -0.2) is 18.0 Å². The van der Waals surface area contributed by atoms with Crippen LogP contribution in [0, 0.1) is 0 Å². The number of hydrogen-bond donors (Lipinski definition) is 0. The third-order valence-corrected chi connectivity index (χ3v) is 3.57. The van der Waals surface area contributed by atoms with Gasteiger partial charge in [-0.15, -0.1) is 0 Å². The van der Waals surface area contributed by atoms with E-state index in [4.69, 9.17) is 4.74 Å². The molecular weight excluding hydrogens is 176 g/mol. The summed E-state index contributed by atoms with van der Waals surface area (Å²) in [4.78, 5) is 11.5. The van der Waals surface area contributed by atoms with Gasteiger partial charge in [0.05, 0.1) is 12.2 Å². The summed E-state index contributed by atoms with van der Waals surface area (Å²) in [6.07, 6.45) is 10.0. The first-order chi connectivity index (χ1) is 6.81. The van der Waals surface area contributed by atoms with Crippen LogP contribution in [0.2, 0.25) is 0 Å². The molecule has 14 heavy (non-hydrogen) atoms. The first-order valence-corrected chi connectivity index (χ1v) is 5.96. The molecule has 2 aliphatic rings. The molecule has 0 aromatic rings. The zero-order chi connectivity index (χ0) is 9.86. The summed E-state index contributed by atoms with van der Waals surface area (Å²) in [6, 6.07) is 0. The lowest BCUT2D eigenvalue weighted by Crippen LogP contribution is -2.40. The van der Waals surface area contributed by atoms with Gasteiger partial charge in [0.1, 0.15) is 5.78 Å². The van der Waals surface area contributed by atoms with Gasteiger partial charge in [-0.1, -0.05) is 32.1 Å². The molecule has 0 aromatic heterocycles. The fourth-order valence-electron chi connectivity index (χ4n) is 2.75. The largest absolute Gasteiger partial charge is 0.374 e. The van der Waals surface area contributed by atoms with Crippen molar-refractivity contribution in [2.75, 3.05) is 6.61 Å². The topological polar surface area (TPSA) is 26.3 Å². The van der Waals surface area contributed by atoms with E-state index < -0.39 is 0 Å². The van der Waals surface area contributed by atoms with Gasteiger partial charge in [0, 0.05) is 12.8 Å². The van der Waals surface area contributed by atoms with Gasteiger partial charge in [-0.3, -0.25) is 4.79 Å².